The van der Waals surface area contributed by atoms with Gasteiger partial charge in [-0.15, -0.1) is 0 Å². The number of rotatable bonds is 4. The number of likely N-dealkylation sites (tertiary alicyclic amines) is 1. The molecule has 1 aliphatic carbocycles. The molecule has 0 unspecified atom stereocenters. The van der Waals surface area contributed by atoms with Crippen molar-refractivity contribution in [3.8, 4) is 11.1 Å². The van der Waals surface area contributed by atoms with Crippen LogP contribution in [0, 0.1) is 5.92 Å². The van der Waals surface area contributed by atoms with Gasteiger partial charge in [-0.2, -0.15) is 5.10 Å². The first-order valence-electron chi connectivity index (χ1n) is 12.0. The summed E-state index contributed by atoms with van der Waals surface area (Å²) in [4.78, 5) is 43.5. The van der Waals surface area contributed by atoms with E-state index >= 15 is 0 Å². The largest absolute Gasteiger partial charge is 0.341 e. The molecule has 1 atom stereocenters. The first-order chi connectivity index (χ1) is 15.9. The van der Waals surface area contributed by atoms with E-state index in [1.807, 2.05) is 41.1 Å². The van der Waals surface area contributed by atoms with Gasteiger partial charge in [-0.3, -0.25) is 19.1 Å². The lowest BCUT2D eigenvalue weighted by molar-refractivity contribution is -0.133. The molecule has 5 rings (SSSR count). The standard InChI is InChI=1S/C25H31N5O3/c1-17-14-29(25(33)19-6-7-19)23-12-20(8-9-22(23)30(17)18(2)31)21-13-26-28(15-21)16-24(32)27-10-4-3-5-11-27/h8-9,12-13,15,17,19H,3-7,10-11,14,16H2,1-2H3/t17-/m0/s1. The van der Waals surface area contributed by atoms with Crippen LogP contribution in [-0.4, -0.2) is 58.1 Å². The normalized spacial score (nSPS) is 20.5. The maximum absolute atomic E-state index is 13.0. The first-order valence-corrected chi connectivity index (χ1v) is 12.0. The monoisotopic (exact) mass is 449 g/mol. The molecule has 33 heavy (non-hydrogen) atoms. The molecule has 1 aromatic carbocycles. The lowest BCUT2D eigenvalue weighted by Crippen LogP contribution is -2.51. The Kier molecular flexibility index (Phi) is 5.68. The van der Waals surface area contributed by atoms with Gasteiger partial charge in [0.1, 0.15) is 6.54 Å². The summed E-state index contributed by atoms with van der Waals surface area (Å²) in [6.07, 6.45) is 8.83. The number of carbonyl (C=O) groups excluding carboxylic acids is 3. The highest BCUT2D eigenvalue weighted by Gasteiger charge is 2.39. The van der Waals surface area contributed by atoms with Crippen LogP contribution in [0.5, 0.6) is 0 Å². The SMILES string of the molecule is CC(=O)N1c2ccc(-c3cnn(CC(=O)N4CCCCC4)c3)cc2N(C(=O)C2CC2)C[C@@H]1C. The Balaban J connectivity index is 1.42. The van der Waals surface area contributed by atoms with Crippen LogP contribution in [0.2, 0.25) is 0 Å². The summed E-state index contributed by atoms with van der Waals surface area (Å²) < 4.78 is 1.68. The highest BCUT2D eigenvalue weighted by Crippen LogP contribution is 2.42. The van der Waals surface area contributed by atoms with Crippen LogP contribution in [-0.2, 0) is 20.9 Å². The molecular weight excluding hydrogens is 418 g/mol. The van der Waals surface area contributed by atoms with E-state index in [0.717, 1.165) is 61.3 Å². The van der Waals surface area contributed by atoms with Crippen molar-refractivity contribution in [2.45, 2.75) is 58.5 Å². The molecule has 0 N–H and O–H groups in total. The van der Waals surface area contributed by atoms with Gasteiger partial charge in [0.25, 0.3) is 0 Å². The number of carbonyl (C=O) groups is 3. The van der Waals surface area contributed by atoms with Crippen LogP contribution in [0.4, 0.5) is 11.4 Å². The number of fused-ring (bicyclic) bond motifs is 1. The van der Waals surface area contributed by atoms with E-state index in [0.29, 0.717) is 6.54 Å². The molecule has 2 aliphatic heterocycles. The highest BCUT2D eigenvalue weighted by molar-refractivity contribution is 6.06. The third kappa shape index (κ3) is 4.26. The minimum Gasteiger partial charge on any atom is -0.341 e. The van der Waals surface area contributed by atoms with Crippen LogP contribution in [0.3, 0.4) is 0 Å². The Morgan fingerprint density at radius 3 is 2.48 bits per heavy atom. The van der Waals surface area contributed by atoms with Gasteiger partial charge in [0.2, 0.25) is 17.7 Å². The van der Waals surface area contributed by atoms with Gasteiger partial charge in [0.15, 0.2) is 0 Å². The Labute approximate surface area is 194 Å². The molecule has 1 aromatic heterocycles. The fraction of sp³-hybridized carbons (Fsp3) is 0.520. The lowest BCUT2D eigenvalue weighted by Gasteiger charge is -2.41. The minimum absolute atomic E-state index is 0.0286. The number of hydrogen-bond donors (Lipinski definition) is 0. The summed E-state index contributed by atoms with van der Waals surface area (Å²) in [7, 11) is 0. The number of benzene rings is 1. The zero-order valence-electron chi connectivity index (χ0n) is 19.4. The second kappa shape index (κ2) is 8.65. The van der Waals surface area contributed by atoms with E-state index in [4.69, 9.17) is 0 Å². The quantitative estimate of drug-likeness (QED) is 0.719. The molecule has 3 heterocycles. The van der Waals surface area contributed by atoms with Crippen molar-refractivity contribution in [1.82, 2.24) is 14.7 Å². The van der Waals surface area contributed by atoms with Crippen molar-refractivity contribution >= 4 is 29.1 Å². The fourth-order valence-electron chi connectivity index (χ4n) is 5.02. The van der Waals surface area contributed by atoms with Crippen molar-refractivity contribution in [1.29, 1.82) is 0 Å². The maximum Gasteiger partial charge on any atom is 0.244 e. The molecule has 8 heteroatoms. The van der Waals surface area contributed by atoms with Crippen molar-refractivity contribution in [3.63, 3.8) is 0 Å². The van der Waals surface area contributed by atoms with E-state index in [1.54, 1.807) is 22.7 Å². The van der Waals surface area contributed by atoms with E-state index in [1.165, 1.54) is 6.42 Å². The summed E-state index contributed by atoms with van der Waals surface area (Å²) in [5.41, 5.74) is 3.34. The number of aromatic nitrogens is 2. The molecule has 1 saturated carbocycles. The van der Waals surface area contributed by atoms with Crippen LogP contribution < -0.4 is 9.80 Å². The molecule has 1 saturated heterocycles. The van der Waals surface area contributed by atoms with Crippen LogP contribution in [0.15, 0.2) is 30.6 Å². The van der Waals surface area contributed by atoms with Crippen molar-refractivity contribution in [2.75, 3.05) is 29.4 Å². The predicted octanol–water partition coefficient (Wildman–Crippen LogP) is 3.06. The third-order valence-electron chi connectivity index (χ3n) is 6.92. The fourth-order valence-corrected chi connectivity index (χ4v) is 5.02. The molecule has 8 nitrogen and oxygen atoms in total. The summed E-state index contributed by atoms with van der Waals surface area (Å²) in [5, 5.41) is 4.41. The number of nitrogens with zero attached hydrogens (tertiary/aromatic N) is 5. The molecule has 2 fully saturated rings. The molecule has 0 bridgehead atoms. The number of hydrogen-bond acceptors (Lipinski definition) is 4. The summed E-state index contributed by atoms with van der Waals surface area (Å²) in [5.74, 6) is 0.313. The Morgan fingerprint density at radius 2 is 1.79 bits per heavy atom. The Bertz CT molecular complexity index is 1080. The summed E-state index contributed by atoms with van der Waals surface area (Å²) in [6.45, 7) is 5.92. The minimum atomic E-state index is -0.0768. The second-order valence-corrected chi connectivity index (χ2v) is 9.53. The molecular formula is C25H31N5O3. The van der Waals surface area contributed by atoms with Gasteiger partial charge >= 0.3 is 0 Å². The molecule has 2 aromatic rings. The topological polar surface area (TPSA) is 78.8 Å². The van der Waals surface area contributed by atoms with Crippen LogP contribution >= 0.6 is 0 Å². The Hall–Kier alpha value is -3.16. The van der Waals surface area contributed by atoms with Gasteiger partial charge in [-0.05, 0) is 56.7 Å². The zero-order chi connectivity index (χ0) is 23.1. The molecule has 0 radical (unpaired) electrons. The van der Waals surface area contributed by atoms with Crippen LogP contribution in [0.25, 0.3) is 11.1 Å². The first kappa shape index (κ1) is 21.7. The maximum atomic E-state index is 13.0. The van der Waals surface area contributed by atoms with Crippen LogP contribution in [0.1, 0.15) is 46.0 Å². The predicted molar refractivity (Wildman–Crippen MR) is 126 cm³/mol. The van der Waals surface area contributed by atoms with E-state index in [-0.39, 0.29) is 36.2 Å². The van der Waals surface area contributed by atoms with Gasteiger partial charge in [-0.1, -0.05) is 6.07 Å². The smallest absolute Gasteiger partial charge is 0.244 e. The molecule has 0 spiro atoms. The number of anilines is 2. The van der Waals surface area contributed by atoms with Gasteiger partial charge in [0, 0.05) is 44.2 Å². The van der Waals surface area contributed by atoms with Crippen molar-refractivity contribution in [2.24, 2.45) is 5.92 Å². The summed E-state index contributed by atoms with van der Waals surface area (Å²) in [6, 6.07) is 5.78. The van der Waals surface area contributed by atoms with Crippen molar-refractivity contribution in [3.05, 3.63) is 30.6 Å². The second-order valence-electron chi connectivity index (χ2n) is 9.53. The lowest BCUT2D eigenvalue weighted by atomic mass is 10.0. The average molecular weight is 450 g/mol. The molecule has 3 aliphatic rings. The summed E-state index contributed by atoms with van der Waals surface area (Å²) >= 11 is 0. The van der Waals surface area contributed by atoms with Gasteiger partial charge in [0.05, 0.1) is 23.6 Å². The van der Waals surface area contributed by atoms with E-state index in [9.17, 15) is 14.4 Å². The van der Waals surface area contributed by atoms with Crippen molar-refractivity contribution < 1.29 is 14.4 Å². The number of amides is 3. The van der Waals surface area contributed by atoms with Gasteiger partial charge in [-0.25, -0.2) is 0 Å². The highest BCUT2D eigenvalue weighted by atomic mass is 16.2. The molecule has 174 valence electrons. The van der Waals surface area contributed by atoms with Gasteiger partial charge < -0.3 is 14.7 Å². The third-order valence-corrected chi connectivity index (χ3v) is 6.92. The Morgan fingerprint density at radius 1 is 1.03 bits per heavy atom. The molecule has 3 amide bonds. The number of piperidine rings is 1. The van der Waals surface area contributed by atoms with E-state index < -0.39 is 0 Å². The van der Waals surface area contributed by atoms with E-state index in [2.05, 4.69) is 5.10 Å². The average Bonchev–Trinajstić information content (AvgIpc) is 3.56. The zero-order valence-corrected chi connectivity index (χ0v) is 19.4.